The summed E-state index contributed by atoms with van der Waals surface area (Å²) in [6.07, 6.45) is 7.13. The van der Waals surface area contributed by atoms with Gasteiger partial charge in [-0.25, -0.2) is 0 Å². The number of carbonyl (C=O) groups is 1. The van der Waals surface area contributed by atoms with Crippen molar-refractivity contribution < 1.29 is 19.0 Å². The molecule has 2 fully saturated rings. The van der Waals surface area contributed by atoms with E-state index in [1.165, 1.54) is 11.1 Å². The summed E-state index contributed by atoms with van der Waals surface area (Å²) >= 11 is 0. The molecule has 176 valence electrons. The highest BCUT2D eigenvalue weighted by Gasteiger charge is 2.79. The van der Waals surface area contributed by atoms with Gasteiger partial charge in [-0.15, -0.1) is 0 Å². The number of ketones is 1. The van der Waals surface area contributed by atoms with Crippen LogP contribution in [0.25, 0.3) is 0 Å². The maximum atomic E-state index is 13.0. The molecule has 8 rings (SSSR count). The minimum Gasteiger partial charge on any atom is -0.485 e. The third kappa shape index (κ3) is 2.21. The number of likely N-dealkylation sites (N-methyl/N-ethyl adjacent to an activating group) is 1. The number of hydrogen-bond donors (Lipinski definition) is 0. The quantitative estimate of drug-likeness (QED) is 0.634. The second-order valence-corrected chi connectivity index (χ2v) is 10.9. The number of nitrogens with zero attached hydrogens (tertiary/aromatic N) is 1. The minimum absolute atomic E-state index is 0.141. The summed E-state index contributed by atoms with van der Waals surface area (Å²) in [7, 11) is 3.98. The monoisotopic (exact) mass is 457 g/mol. The Morgan fingerprint density at radius 1 is 1.18 bits per heavy atom. The lowest BCUT2D eigenvalue weighted by atomic mass is 9.37. The van der Waals surface area contributed by atoms with Crippen molar-refractivity contribution in [2.75, 3.05) is 20.7 Å². The van der Waals surface area contributed by atoms with Crippen LogP contribution in [-0.2, 0) is 28.0 Å². The van der Waals surface area contributed by atoms with E-state index in [9.17, 15) is 4.79 Å². The van der Waals surface area contributed by atoms with Crippen molar-refractivity contribution in [3.63, 3.8) is 0 Å². The van der Waals surface area contributed by atoms with Crippen LogP contribution in [0.1, 0.15) is 36.5 Å². The summed E-state index contributed by atoms with van der Waals surface area (Å²) in [6.45, 7) is 3.22. The molecular formula is C29H31NO4. The van der Waals surface area contributed by atoms with Crippen LogP contribution < -0.4 is 9.47 Å². The average Bonchev–Trinajstić information content (AvgIpc) is 3.23. The van der Waals surface area contributed by atoms with Crippen molar-refractivity contribution in [2.45, 2.75) is 56.0 Å². The van der Waals surface area contributed by atoms with E-state index in [0.29, 0.717) is 12.6 Å². The highest BCUT2D eigenvalue weighted by Crippen LogP contribution is 2.74. The number of fused-ring (bicyclic) bond motifs is 1. The van der Waals surface area contributed by atoms with Crippen LogP contribution >= 0.6 is 0 Å². The summed E-state index contributed by atoms with van der Waals surface area (Å²) in [5.41, 5.74) is 2.72. The molecule has 0 aromatic heterocycles. The first-order valence-corrected chi connectivity index (χ1v) is 12.4. The van der Waals surface area contributed by atoms with Gasteiger partial charge in [0.15, 0.2) is 11.5 Å². The fraction of sp³-hybridized carbons (Fsp3) is 0.483. The molecule has 0 amide bonds. The van der Waals surface area contributed by atoms with Gasteiger partial charge < -0.3 is 19.1 Å². The van der Waals surface area contributed by atoms with Gasteiger partial charge in [0, 0.05) is 24.1 Å². The van der Waals surface area contributed by atoms with Crippen LogP contribution in [0.5, 0.6) is 11.5 Å². The molecule has 4 bridgehead atoms. The number of hydrogen-bond acceptors (Lipinski definition) is 5. The van der Waals surface area contributed by atoms with Crippen molar-refractivity contribution in [3.8, 4) is 11.5 Å². The molecule has 1 saturated heterocycles. The first-order chi connectivity index (χ1) is 16.5. The molecular weight excluding hydrogens is 426 g/mol. The Morgan fingerprint density at radius 3 is 2.76 bits per heavy atom. The highest BCUT2D eigenvalue weighted by atomic mass is 16.6. The normalized spacial score (nSPS) is 38.4. The minimum atomic E-state index is -0.752. The number of likely N-dealkylation sites (tertiary alicyclic amines) is 1. The van der Waals surface area contributed by atoms with Gasteiger partial charge in [-0.2, -0.15) is 0 Å². The van der Waals surface area contributed by atoms with Crippen molar-refractivity contribution in [3.05, 3.63) is 71.3 Å². The lowest BCUT2D eigenvalue weighted by Gasteiger charge is -2.70. The molecule has 1 saturated carbocycles. The first kappa shape index (κ1) is 20.7. The van der Waals surface area contributed by atoms with Crippen LogP contribution in [0.15, 0.2) is 54.6 Å². The van der Waals surface area contributed by atoms with Gasteiger partial charge in [-0.05, 0) is 57.0 Å². The van der Waals surface area contributed by atoms with Crippen molar-refractivity contribution >= 4 is 5.78 Å². The topological polar surface area (TPSA) is 48.0 Å². The Kier molecular flexibility index (Phi) is 4.10. The molecule has 4 aliphatic carbocycles. The van der Waals surface area contributed by atoms with E-state index < -0.39 is 5.60 Å². The Hall–Kier alpha value is -2.63. The zero-order valence-electron chi connectivity index (χ0n) is 20.0. The lowest BCUT2D eigenvalue weighted by Crippen LogP contribution is -2.79. The summed E-state index contributed by atoms with van der Waals surface area (Å²) < 4.78 is 19.6. The summed E-state index contributed by atoms with van der Waals surface area (Å²) in [5, 5.41) is 0. The molecule has 2 aromatic carbocycles. The zero-order chi connectivity index (χ0) is 23.3. The number of carbonyl (C=O) groups excluding carboxylic acids is 1. The number of piperidine rings is 1. The van der Waals surface area contributed by atoms with E-state index >= 15 is 0 Å². The molecule has 2 spiro atoms. The number of Topliss-reactive ketones (excluding diaryl/α,β-unsaturated/α-hetero) is 1. The second-order valence-electron chi connectivity index (χ2n) is 10.9. The fourth-order valence-corrected chi connectivity index (χ4v) is 8.35. The van der Waals surface area contributed by atoms with Crippen LogP contribution in [-0.4, -0.2) is 49.1 Å². The van der Waals surface area contributed by atoms with E-state index in [4.69, 9.17) is 14.2 Å². The molecule has 2 aromatic rings. The Balaban J connectivity index is 1.42. The Labute approximate surface area is 200 Å². The summed E-state index contributed by atoms with van der Waals surface area (Å²) in [4.78, 5) is 15.5. The van der Waals surface area contributed by atoms with Gasteiger partial charge >= 0.3 is 0 Å². The first-order valence-electron chi connectivity index (χ1n) is 12.4. The maximum absolute atomic E-state index is 13.0. The molecule has 5 heteroatoms. The third-order valence-corrected chi connectivity index (χ3v) is 9.79. The summed E-state index contributed by atoms with van der Waals surface area (Å²) in [5.74, 6) is 1.65. The SMILES string of the molecule is COC12C=CC3(C[C@H]1C(C)=O)C1Cc4ccc(OCc5ccccc5)c5c4[C@@]3(CCN1C)[C@@H]2O5. The third-order valence-electron chi connectivity index (χ3n) is 9.79. The molecule has 2 heterocycles. The lowest BCUT2D eigenvalue weighted by molar-refractivity contribution is -0.212. The number of ether oxygens (including phenoxy) is 3. The number of rotatable bonds is 5. The van der Waals surface area contributed by atoms with Gasteiger partial charge in [0.25, 0.3) is 0 Å². The van der Waals surface area contributed by atoms with Gasteiger partial charge in [-0.3, -0.25) is 4.79 Å². The van der Waals surface area contributed by atoms with Gasteiger partial charge in [-0.1, -0.05) is 48.6 Å². The zero-order valence-corrected chi connectivity index (χ0v) is 20.0. The molecule has 6 aliphatic rings. The second kappa shape index (κ2) is 6.73. The van der Waals surface area contributed by atoms with Crippen LogP contribution in [0.3, 0.4) is 0 Å². The van der Waals surface area contributed by atoms with Crippen LogP contribution in [0, 0.1) is 11.3 Å². The van der Waals surface area contributed by atoms with E-state index in [2.05, 4.69) is 48.4 Å². The van der Waals surface area contributed by atoms with E-state index in [-0.39, 0.29) is 28.6 Å². The molecule has 0 radical (unpaired) electrons. The molecule has 3 unspecified atom stereocenters. The predicted molar refractivity (Wildman–Crippen MR) is 128 cm³/mol. The smallest absolute Gasteiger partial charge is 0.166 e. The van der Waals surface area contributed by atoms with Crippen molar-refractivity contribution in [1.82, 2.24) is 4.90 Å². The molecule has 2 aliphatic heterocycles. The fourth-order valence-electron chi connectivity index (χ4n) is 8.35. The average molecular weight is 458 g/mol. The van der Waals surface area contributed by atoms with Crippen molar-refractivity contribution in [1.29, 1.82) is 0 Å². The predicted octanol–water partition coefficient (Wildman–Crippen LogP) is 4.07. The summed E-state index contributed by atoms with van der Waals surface area (Å²) in [6, 6.07) is 14.9. The maximum Gasteiger partial charge on any atom is 0.166 e. The standard InChI is InChI=1S/C29H31NO4/c1-18(31)21-16-27-11-12-29(21,32-3)26-28(27)13-14-30(2)23(27)15-20-9-10-22(25(34-26)24(20)28)33-17-19-7-5-4-6-8-19/h4-12,21,23,26H,13-17H2,1-3H3/t21-,23?,26-,27?,28-,29?/m0/s1. The number of benzene rings is 2. The largest absolute Gasteiger partial charge is 0.485 e. The molecule has 6 atom stereocenters. The molecule has 0 N–H and O–H groups in total. The van der Waals surface area contributed by atoms with Crippen molar-refractivity contribution in [2.24, 2.45) is 11.3 Å². The number of methoxy groups -OCH3 is 1. The molecule has 5 nitrogen and oxygen atoms in total. The van der Waals surface area contributed by atoms with Crippen LogP contribution in [0.2, 0.25) is 0 Å². The molecule has 34 heavy (non-hydrogen) atoms. The van der Waals surface area contributed by atoms with E-state index in [0.717, 1.165) is 42.9 Å². The van der Waals surface area contributed by atoms with E-state index in [1.54, 1.807) is 14.0 Å². The Bertz CT molecular complexity index is 1220. The van der Waals surface area contributed by atoms with Gasteiger partial charge in [0.1, 0.15) is 24.1 Å². The Morgan fingerprint density at radius 2 is 2.00 bits per heavy atom. The highest BCUT2D eigenvalue weighted by molar-refractivity contribution is 5.82. The van der Waals surface area contributed by atoms with Gasteiger partial charge in [0.05, 0.1) is 11.3 Å². The van der Waals surface area contributed by atoms with E-state index in [1.807, 2.05) is 18.2 Å². The van der Waals surface area contributed by atoms with Gasteiger partial charge in [0.2, 0.25) is 0 Å². The van der Waals surface area contributed by atoms with Crippen LogP contribution in [0.4, 0.5) is 0 Å².